The zero-order chi connectivity index (χ0) is 13.9. The van der Waals surface area contributed by atoms with Crippen molar-refractivity contribution in [2.75, 3.05) is 0 Å². The third kappa shape index (κ3) is 2.60. The molecule has 20 heavy (non-hydrogen) atoms. The van der Waals surface area contributed by atoms with E-state index in [9.17, 15) is 0 Å². The summed E-state index contributed by atoms with van der Waals surface area (Å²) in [5.41, 5.74) is 7.56. The first kappa shape index (κ1) is 12.6. The maximum Gasteiger partial charge on any atom is 0.146 e. The van der Waals surface area contributed by atoms with Gasteiger partial charge in [-0.25, -0.2) is 0 Å². The predicted molar refractivity (Wildman–Crippen MR) is 78.7 cm³/mol. The van der Waals surface area contributed by atoms with Gasteiger partial charge in [-0.3, -0.25) is 9.97 Å². The van der Waals surface area contributed by atoms with Crippen LogP contribution in [-0.4, -0.2) is 9.97 Å². The van der Waals surface area contributed by atoms with Crippen LogP contribution in [0.25, 0.3) is 10.9 Å². The number of hydrogen-bond donors (Lipinski definition) is 1. The molecule has 2 heterocycles. The van der Waals surface area contributed by atoms with E-state index in [-0.39, 0.29) is 6.04 Å². The minimum atomic E-state index is -0.0774. The maximum absolute atomic E-state index is 5.77. The monoisotopic (exact) mass is 265 g/mol. The molecule has 0 saturated carbocycles. The molecule has 0 aliphatic carbocycles. The lowest BCUT2D eigenvalue weighted by Crippen LogP contribution is -2.06. The van der Waals surface area contributed by atoms with Crippen LogP contribution >= 0.6 is 0 Å². The van der Waals surface area contributed by atoms with E-state index in [1.807, 2.05) is 49.4 Å². The highest BCUT2D eigenvalue weighted by Crippen LogP contribution is 2.24. The molecular formula is C16H15N3O. The Morgan fingerprint density at radius 3 is 2.55 bits per heavy atom. The number of nitrogens with zero attached hydrogens (tertiary/aromatic N) is 2. The summed E-state index contributed by atoms with van der Waals surface area (Å²) >= 11 is 0. The Bertz CT molecular complexity index is 723. The maximum atomic E-state index is 5.77. The molecule has 100 valence electrons. The van der Waals surface area contributed by atoms with Crippen LogP contribution in [0.4, 0.5) is 0 Å². The second kappa shape index (κ2) is 5.27. The number of para-hydroxylation sites is 1. The molecule has 3 aromatic rings. The lowest BCUT2D eigenvalue weighted by molar-refractivity contribution is 0.478. The lowest BCUT2D eigenvalue weighted by Gasteiger charge is -2.08. The molecule has 0 bridgehead atoms. The van der Waals surface area contributed by atoms with E-state index in [1.165, 1.54) is 0 Å². The molecule has 0 aliphatic heterocycles. The molecule has 1 aromatic carbocycles. The van der Waals surface area contributed by atoms with E-state index in [0.29, 0.717) is 11.5 Å². The zero-order valence-electron chi connectivity index (χ0n) is 11.2. The number of fused-ring (bicyclic) bond motifs is 1. The van der Waals surface area contributed by atoms with Crippen molar-refractivity contribution in [3.8, 4) is 11.5 Å². The molecule has 3 rings (SSSR count). The van der Waals surface area contributed by atoms with Crippen LogP contribution in [0.2, 0.25) is 0 Å². The summed E-state index contributed by atoms with van der Waals surface area (Å²) < 4.78 is 5.76. The SMILES string of the molecule is C[C@@H](N)c1ccc(Oc2cnc3ccccc3c2)cn1. The smallest absolute Gasteiger partial charge is 0.146 e. The topological polar surface area (TPSA) is 61.0 Å². The van der Waals surface area contributed by atoms with Gasteiger partial charge in [0.05, 0.1) is 23.6 Å². The van der Waals surface area contributed by atoms with Gasteiger partial charge >= 0.3 is 0 Å². The van der Waals surface area contributed by atoms with E-state index in [2.05, 4.69) is 9.97 Å². The molecule has 0 saturated heterocycles. The average molecular weight is 265 g/mol. The molecule has 4 nitrogen and oxygen atoms in total. The van der Waals surface area contributed by atoms with E-state index in [4.69, 9.17) is 10.5 Å². The Morgan fingerprint density at radius 2 is 1.80 bits per heavy atom. The normalized spacial score (nSPS) is 12.3. The molecule has 1 atom stereocenters. The van der Waals surface area contributed by atoms with Crippen LogP contribution in [0.5, 0.6) is 11.5 Å². The van der Waals surface area contributed by atoms with Crippen molar-refractivity contribution in [3.63, 3.8) is 0 Å². The molecular weight excluding hydrogens is 250 g/mol. The number of ether oxygens (including phenoxy) is 1. The molecule has 0 aliphatic rings. The summed E-state index contributed by atoms with van der Waals surface area (Å²) in [6, 6.07) is 13.5. The van der Waals surface area contributed by atoms with Gasteiger partial charge in [0.1, 0.15) is 11.5 Å². The summed E-state index contributed by atoms with van der Waals surface area (Å²) in [4.78, 5) is 8.62. The number of benzene rings is 1. The van der Waals surface area contributed by atoms with Crippen LogP contribution in [0.15, 0.2) is 54.9 Å². The van der Waals surface area contributed by atoms with Gasteiger partial charge < -0.3 is 10.5 Å². The Kier molecular flexibility index (Phi) is 3.31. The largest absolute Gasteiger partial charge is 0.454 e. The Morgan fingerprint density at radius 1 is 1.00 bits per heavy atom. The van der Waals surface area contributed by atoms with Gasteiger partial charge in [-0.15, -0.1) is 0 Å². The molecule has 0 amide bonds. The van der Waals surface area contributed by atoms with Crippen molar-refractivity contribution in [1.82, 2.24) is 9.97 Å². The molecule has 0 unspecified atom stereocenters. The molecule has 4 heteroatoms. The zero-order valence-corrected chi connectivity index (χ0v) is 11.2. The summed E-state index contributed by atoms with van der Waals surface area (Å²) in [5.74, 6) is 1.37. The van der Waals surface area contributed by atoms with Gasteiger partial charge in [-0.1, -0.05) is 18.2 Å². The summed E-state index contributed by atoms with van der Waals surface area (Å²) in [7, 11) is 0. The fourth-order valence-electron chi connectivity index (χ4n) is 1.96. The highest BCUT2D eigenvalue weighted by molar-refractivity contribution is 5.79. The van der Waals surface area contributed by atoms with Crippen molar-refractivity contribution in [2.24, 2.45) is 5.73 Å². The number of rotatable bonds is 3. The van der Waals surface area contributed by atoms with Crippen LogP contribution in [0, 0.1) is 0 Å². The van der Waals surface area contributed by atoms with Crippen molar-refractivity contribution in [2.45, 2.75) is 13.0 Å². The quantitative estimate of drug-likeness (QED) is 0.788. The van der Waals surface area contributed by atoms with Gasteiger partial charge in [0.25, 0.3) is 0 Å². The van der Waals surface area contributed by atoms with Crippen molar-refractivity contribution >= 4 is 10.9 Å². The number of nitrogens with two attached hydrogens (primary N) is 1. The van der Waals surface area contributed by atoms with E-state index >= 15 is 0 Å². The van der Waals surface area contributed by atoms with Crippen LogP contribution in [0.3, 0.4) is 0 Å². The fourth-order valence-corrected chi connectivity index (χ4v) is 1.96. The van der Waals surface area contributed by atoms with Crippen molar-refractivity contribution in [1.29, 1.82) is 0 Å². The second-order valence-corrected chi connectivity index (χ2v) is 4.67. The minimum Gasteiger partial charge on any atom is -0.454 e. The third-order valence-electron chi connectivity index (χ3n) is 3.03. The first-order valence-electron chi connectivity index (χ1n) is 6.46. The molecule has 0 fully saturated rings. The standard InChI is InChI=1S/C16H15N3O/c1-11(17)15-7-6-13(9-18-15)20-14-8-12-4-2-3-5-16(12)19-10-14/h2-11H,17H2,1H3/t11-/m1/s1. The van der Waals surface area contributed by atoms with E-state index in [1.54, 1.807) is 12.4 Å². The highest BCUT2D eigenvalue weighted by atomic mass is 16.5. The summed E-state index contributed by atoms with van der Waals surface area (Å²) in [6.45, 7) is 1.90. The molecule has 2 aromatic heterocycles. The first-order chi connectivity index (χ1) is 9.72. The second-order valence-electron chi connectivity index (χ2n) is 4.67. The van der Waals surface area contributed by atoms with Gasteiger partial charge in [0.15, 0.2) is 0 Å². The van der Waals surface area contributed by atoms with E-state index in [0.717, 1.165) is 16.6 Å². The molecule has 0 radical (unpaired) electrons. The first-order valence-corrected chi connectivity index (χ1v) is 6.46. The van der Waals surface area contributed by atoms with Gasteiger partial charge in [-0.2, -0.15) is 0 Å². The van der Waals surface area contributed by atoms with Gasteiger partial charge in [-0.05, 0) is 31.2 Å². The number of pyridine rings is 2. The minimum absolute atomic E-state index is 0.0774. The van der Waals surface area contributed by atoms with Crippen LogP contribution in [0.1, 0.15) is 18.7 Å². The third-order valence-corrected chi connectivity index (χ3v) is 3.03. The predicted octanol–water partition coefficient (Wildman–Crippen LogP) is 3.44. The highest BCUT2D eigenvalue weighted by Gasteiger charge is 2.03. The van der Waals surface area contributed by atoms with Gasteiger partial charge in [0.2, 0.25) is 0 Å². The number of aromatic nitrogens is 2. The fraction of sp³-hybridized carbons (Fsp3) is 0.125. The van der Waals surface area contributed by atoms with Crippen LogP contribution < -0.4 is 10.5 Å². The van der Waals surface area contributed by atoms with Crippen molar-refractivity contribution in [3.05, 3.63) is 60.6 Å². The summed E-state index contributed by atoms with van der Waals surface area (Å²) in [5, 5.41) is 1.05. The average Bonchev–Trinajstić information content (AvgIpc) is 2.48. The number of hydrogen-bond acceptors (Lipinski definition) is 4. The lowest BCUT2D eigenvalue weighted by atomic mass is 10.2. The van der Waals surface area contributed by atoms with Crippen LogP contribution in [-0.2, 0) is 0 Å². The molecule has 0 spiro atoms. The van der Waals surface area contributed by atoms with Gasteiger partial charge in [0, 0.05) is 11.4 Å². The Balaban J connectivity index is 1.85. The van der Waals surface area contributed by atoms with Crippen molar-refractivity contribution < 1.29 is 4.74 Å². The Hall–Kier alpha value is -2.46. The molecule has 2 N–H and O–H groups in total. The van der Waals surface area contributed by atoms with E-state index < -0.39 is 0 Å². The Labute approximate surface area is 117 Å². The summed E-state index contributed by atoms with van der Waals surface area (Å²) in [6.07, 6.45) is 3.38.